The van der Waals surface area contributed by atoms with Crippen LogP contribution in [0.25, 0.3) is 0 Å². The van der Waals surface area contributed by atoms with Gasteiger partial charge in [0.25, 0.3) is 0 Å². The summed E-state index contributed by atoms with van der Waals surface area (Å²) in [5.74, 6) is 0.0590. The molecule has 0 fully saturated rings. The number of nitrogens with zero attached hydrogens (tertiary/aromatic N) is 3. The summed E-state index contributed by atoms with van der Waals surface area (Å²) in [6.07, 6.45) is 4.00. The minimum Gasteiger partial charge on any atom is -0.353 e. The number of carbonyl (C=O) groups is 1. The lowest BCUT2D eigenvalue weighted by atomic mass is 10.1. The van der Waals surface area contributed by atoms with Gasteiger partial charge in [-0.3, -0.25) is 9.80 Å². The molecule has 1 aromatic rings. The molecular formula is C16H23N3O. The zero-order valence-electron chi connectivity index (χ0n) is 12.7. The third-order valence-corrected chi connectivity index (χ3v) is 3.20. The number of hydrogen-bond acceptors (Lipinski definition) is 3. The number of hydrazine groups is 1. The Labute approximate surface area is 121 Å². The van der Waals surface area contributed by atoms with E-state index in [-0.39, 0.29) is 11.4 Å². The minimum atomic E-state index is -0.223. The fourth-order valence-electron chi connectivity index (χ4n) is 2.54. The van der Waals surface area contributed by atoms with Gasteiger partial charge >= 0.3 is 0 Å². The fourth-order valence-corrected chi connectivity index (χ4v) is 2.54. The van der Waals surface area contributed by atoms with Crippen LogP contribution in [0.15, 0.2) is 42.7 Å². The van der Waals surface area contributed by atoms with Gasteiger partial charge in [-0.2, -0.15) is 0 Å². The first-order valence-electron chi connectivity index (χ1n) is 6.91. The van der Waals surface area contributed by atoms with Crippen LogP contribution >= 0.6 is 0 Å². The molecule has 2 rings (SSSR count). The van der Waals surface area contributed by atoms with Crippen LogP contribution in [-0.4, -0.2) is 33.0 Å². The van der Waals surface area contributed by atoms with Gasteiger partial charge < -0.3 is 4.90 Å². The third kappa shape index (κ3) is 3.32. The Balaban J connectivity index is 2.02. The Hall–Kier alpha value is -1.97. The standard InChI is InChI=1S/C16H23N3O/c1-14(20)19(16(2,3)4)18-11-10-17(13-18)12-15-8-6-5-7-9-15/h5-11H,12-13H2,1-4H3. The van der Waals surface area contributed by atoms with E-state index >= 15 is 0 Å². The Morgan fingerprint density at radius 2 is 1.85 bits per heavy atom. The van der Waals surface area contributed by atoms with Crippen molar-refractivity contribution in [2.45, 2.75) is 39.8 Å². The minimum absolute atomic E-state index is 0.0590. The van der Waals surface area contributed by atoms with Gasteiger partial charge in [-0.1, -0.05) is 30.3 Å². The molecular weight excluding hydrogens is 250 g/mol. The molecule has 4 heteroatoms. The van der Waals surface area contributed by atoms with E-state index in [0.717, 1.165) is 6.54 Å². The quantitative estimate of drug-likeness (QED) is 0.847. The Morgan fingerprint density at radius 1 is 1.20 bits per heavy atom. The van der Waals surface area contributed by atoms with E-state index in [2.05, 4.69) is 17.0 Å². The zero-order valence-corrected chi connectivity index (χ0v) is 12.7. The van der Waals surface area contributed by atoms with Crippen LogP contribution in [0.2, 0.25) is 0 Å². The normalized spacial score (nSPS) is 14.8. The van der Waals surface area contributed by atoms with E-state index < -0.39 is 0 Å². The Morgan fingerprint density at radius 3 is 2.40 bits per heavy atom. The molecule has 0 bridgehead atoms. The van der Waals surface area contributed by atoms with Crippen molar-refractivity contribution in [3.8, 4) is 0 Å². The first-order chi connectivity index (χ1) is 9.38. The van der Waals surface area contributed by atoms with Gasteiger partial charge in [-0.25, -0.2) is 5.01 Å². The molecule has 20 heavy (non-hydrogen) atoms. The van der Waals surface area contributed by atoms with E-state index in [4.69, 9.17) is 0 Å². The van der Waals surface area contributed by atoms with E-state index in [1.54, 1.807) is 11.9 Å². The molecule has 108 valence electrons. The molecule has 1 aliphatic heterocycles. The lowest BCUT2D eigenvalue weighted by molar-refractivity contribution is -0.154. The predicted octanol–water partition coefficient (Wildman–Crippen LogP) is 2.79. The van der Waals surface area contributed by atoms with Crippen LogP contribution in [0.5, 0.6) is 0 Å². The molecule has 0 saturated carbocycles. The van der Waals surface area contributed by atoms with Gasteiger partial charge in [0.05, 0.1) is 5.54 Å². The van der Waals surface area contributed by atoms with Crippen molar-refractivity contribution in [1.29, 1.82) is 0 Å². The van der Waals surface area contributed by atoms with E-state index in [1.165, 1.54) is 5.56 Å². The van der Waals surface area contributed by atoms with Crippen molar-refractivity contribution in [3.05, 3.63) is 48.3 Å². The number of amides is 1. The molecule has 4 nitrogen and oxygen atoms in total. The van der Waals surface area contributed by atoms with Crippen molar-refractivity contribution in [2.24, 2.45) is 0 Å². The molecule has 0 atom stereocenters. The Bertz CT molecular complexity index is 490. The highest BCUT2D eigenvalue weighted by Crippen LogP contribution is 2.21. The maximum atomic E-state index is 11.9. The molecule has 1 aromatic carbocycles. The molecule has 0 aromatic heterocycles. The highest BCUT2D eigenvalue weighted by molar-refractivity contribution is 5.73. The highest BCUT2D eigenvalue weighted by atomic mass is 16.2. The molecule has 1 aliphatic rings. The van der Waals surface area contributed by atoms with Crippen LogP contribution in [-0.2, 0) is 11.3 Å². The summed E-state index contributed by atoms with van der Waals surface area (Å²) in [7, 11) is 0. The summed E-state index contributed by atoms with van der Waals surface area (Å²) in [6, 6.07) is 10.3. The van der Waals surface area contributed by atoms with Gasteiger partial charge in [0.15, 0.2) is 0 Å². The van der Waals surface area contributed by atoms with Crippen molar-refractivity contribution in [1.82, 2.24) is 14.9 Å². The van der Waals surface area contributed by atoms with Crippen LogP contribution in [0, 0.1) is 0 Å². The molecule has 0 radical (unpaired) electrons. The fraction of sp³-hybridized carbons (Fsp3) is 0.438. The summed E-state index contributed by atoms with van der Waals surface area (Å²) in [5.41, 5.74) is 1.04. The first-order valence-corrected chi connectivity index (χ1v) is 6.91. The summed E-state index contributed by atoms with van der Waals surface area (Å²) in [5, 5.41) is 3.78. The predicted molar refractivity (Wildman–Crippen MR) is 80.1 cm³/mol. The number of hydrogen-bond donors (Lipinski definition) is 0. The van der Waals surface area contributed by atoms with Gasteiger partial charge in [-0.05, 0) is 26.3 Å². The number of benzene rings is 1. The molecule has 1 heterocycles. The summed E-state index contributed by atoms with van der Waals surface area (Å²) in [6.45, 7) is 9.29. The first kappa shape index (κ1) is 14.4. The second-order valence-corrected chi connectivity index (χ2v) is 6.11. The average molecular weight is 273 g/mol. The van der Waals surface area contributed by atoms with Crippen LogP contribution in [0.1, 0.15) is 33.3 Å². The summed E-state index contributed by atoms with van der Waals surface area (Å²) in [4.78, 5) is 14.1. The molecule has 0 unspecified atom stereocenters. The second-order valence-electron chi connectivity index (χ2n) is 6.11. The highest BCUT2D eigenvalue weighted by Gasteiger charge is 2.30. The summed E-state index contributed by atoms with van der Waals surface area (Å²) >= 11 is 0. The van der Waals surface area contributed by atoms with E-state index in [0.29, 0.717) is 6.67 Å². The number of rotatable bonds is 3. The smallest absolute Gasteiger partial charge is 0.238 e. The lowest BCUT2D eigenvalue weighted by Crippen LogP contribution is -2.53. The maximum Gasteiger partial charge on any atom is 0.238 e. The summed E-state index contributed by atoms with van der Waals surface area (Å²) < 4.78 is 0. The van der Waals surface area contributed by atoms with Gasteiger partial charge in [-0.15, -0.1) is 0 Å². The van der Waals surface area contributed by atoms with Crippen LogP contribution in [0.4, 0.5) is 0 Å². The van der Waals surface area contributed by atoms with Gasteiger partial charge in [0.1, 0.15) is 6.67 Å². The largest absolute Gasteiger partial charge is 0.353 e. The monoisotopic (exact) mass is 273 g/mol. The van der Waals surface area contributed by atoms with E-state index in [1.807, 2.05) is 56.4 Å². The van der Waals surface area contributed by atoms with Gasteiger partial charge in [0.2, 0.25) is 5.91 Å². The third-order valence-electron chi connectivity index (χ3n) is 3.20. The topological polar surface area (TPSA) is 26.8 Å². The van der Waals surface area contributed by atoms with Crippen molar-refractivity contribution < 1.29 is 4.79 Å². The zero-order chi connectivity index (χ0) is 14.8. The van der Waals surface area contributed by atoms with Gasteiger partial charge in [0, 0.05) is 25.9 Å². The molecule has 0 N–H and O–H groups in total. The molecule has 0 aliphatic carbocycles. The van der Waals surface area contributed by atoms with Crippen molar-refractivity contribution >= 4 is 5.91 Å². The lowest BCUT2D eigenvalue weighted by Gasteiger charge is -2.41. The maximum absolute atomic E-state index is 11.9. The second kappa shape index (κ2) is 5.57. The number of carbonyl (C=O) groups excluding carboxylic acids is 1. The van der Waals surface area contributed by atoms with Crippen molar-refractivity contribution in [2.75, 3.05) is 6.67 Å². The van der Waals surface area contributed by atoms with Crippen LogP contribution < -0.4 is 0 Å². The average Bonchev–Trinajstić information content (AvgIpc) is 2.76. The SMILES string of the molecule is CC(=O)N(N1C=CN(Cc2ccccc2)C1)C(C)(C)C. The molecule has 0 spiro atoms. The van der Waals surface area contributed by atoms with Crippen molar-refractivity contribution in [3.63, 3.8) is 0 Å². The van der Waals surface area contributed by atoms with Crippen LogP contribution in [0.3, 0.4) is 0 Å². The Kier molecular flexibility index (Phi) is 4.02. The molecule has 1 amide bonds. The van der Waals surface area contributed by atoms with E-state index in [9.17, 15) is 4.79 Å². The molecule has 0 saturated heterocycles.